The van der Waals surface area contributed by atoms with Crippen molar-refractivity contribution in [3.8, 4) is 5.75 Å². The number of hydrogen-bond acceptors (Lipinski definition) is 5. The predicted molar refractivity (Wildman–Crippen MR) is 142 cm³/mol. The van der Waals surface area contributed by atoms with Gasteiger partial charge in [0.25, 0.3) is 11.8 Å². The molecule has 3 N–H and O–H groups in total. The van der Waals surface area contributed by atoms with Gasteiger partial charge in [0.05, 0.1) is 22.9 Å². The largest absolute Gasteiger partial charge is 0.492 e. The Morgan fingerprint density at radius 3 is 2.31 bits per heavy atom. The number of carbonyl (C=O) groups excluding carboxylic acids is 2. The highest BCUT2D eigenvalue weighted by Gasteiger charge is 2.22. The molecule has 2 aromatic carbocycles. The second-order valence-electron chi connectivity index (χ2n) is 8.15. The SMILES string of the molecule is CCOc1cc(Cl)cc(C(=O)Nc2ccc(Cl)cn2)c1NC(=O)c1ccc(C(=N)N2CCCC2)cc1. The van der Waals surface area contributed by atoms with Crippen LogP contribution in [0.25, 0.3) is 0 Å². The number of carbonyl (C=O) groups is 2. The van der Waals surface area contributed by atoms with E-state index in [9.17, 15) is 9.59 Å². The maximum atomic E-state index is 13.1. The maximum Gasteiger partial charge on any atom is 0.259 e. The molecule has 0 unspecified atom stereocenters. The fourth-order valence-corrected chi connectivity index (χ4v) is 4.20. The zero-order valence-electron chi connectivity index (χ0n) is 19.6. The van der Waals surface area contributed by atoms with E-state index < -0.39 is 11.8 Å². The van der Waals surface area contributed by atoms with Gasteiger partial charge in [-0.1, -0.05) is 35.3 Å². The number of benzene rings is 2. The number of nitrogens with one attached hydrogen (secondary N) is 3. The van der Waals surface area contributed by atoms with Crippen molar-refractivity contribution in [3.05, 3.63) is 81.5 Å². The van der Waals surface area contributed by atoms with Crippen LogP contribution in [0.3, 0.4) is 0 Å². The van der Waals surface area contributed by atoms with E-state index in [1.165, 1.54) is 12.3 Å². The van der Waals surface area contributed by atoms with Gasteiger partial charge in [0.15, 0.2) is 0 Å². The first-order valence-electron chi connectivity index (χ1n) is 11.5. The molecule has 2 heterocycles. The molecule has 1 aliphatic heterocycles. The number of pyridine rings is 1. The number of ether oxygens (including phenoxy) is 1. The Bertz CT molecular complexity index is 1270. The first kappa shape index (κ1) is 25.5. The van der Waals surface area contributed by atoms with E-state index in [4.69, 9.17) is 33.3 Å². The van der Waals surface area contributed by atoms with E-state index >= 15 is 0 Å². The molecule has 1 fully saturated rings. The summed E-state index contributed by atoms with van der Waals surface area (Å²) in [7, 11) is 0. The molecule has 0 bridgehead atoms. The van der Waals surface area contributed by atoms with E-state index in [-0.39, 0.29) is 27.8 Å². The molecule has 1 aromatic heterocycles. The van der Waals surface area contributed by atoms with Crippen LogP contribution in [0.2, 0.25) is 10.0 Å². The molecule has 0 radical (unpaired) electrons. The molecule has 1 aliphatic rings. The zero-order chi connectivity index (χ0) is 25.7. The molecular weight excluding hydrogens is 501 g/mol. The number of halogens is 2. The summed E-state index contributed by atoms with van der Waals surface area (Å²) >= 11 is 12.1. The third-order valence-corrected chi connectivity index (χ3v) is 6.10. The Balaban J connectivity index is 1.58. The summed E-state index contributed by atoms with van der Waals surface area (Å²) in [6.07, 6.45) is 3.57. The smallest absolute Gasteiger partial charge is 0.259 e. The molecule has 10 heteroatoms. The van der Waals surface area contributed by atoms with Crippen molar-refractivity contribution in [2.75, 3.05) is 30.3 Å². The molecular formula is C26H25Cl2N5O3. The third kappa shape index (κ3) is 5.95. The van der Waals surface area contributed by atoms with Crippen molar-refractivity contribution in [1.29, 1.82) is 5.41 Å². The van der Waals surface area contributed by atoms with Crippen LogP contribution in [-0.2, 0) is 0 Å². The molecule has 0 spiro atoms. The Morgan fingerprint density at radius 1 is 0.972 bits per heavy atom. The summed E-state index contributed by atoms with van der Waals surface area (Å²) in [4.78, 5) is 32.4. The summed E-state index contributed by atoms with van der Waals surface area (Å²) < 4.78 is 5.67. The number of amides is 2. The predicted octanol–water partition coefficient (Wildman–Crippen LogP) is 5.71. The number of rotatable bonds is 7. The highest BCUT2D eigenvalue weighted by molar-refractivity contribution is 6.32. The summed E-state index contributed by atoms with van der Waals surface area (Å²) in [5.41, 5.74) is 1.41. The molecule has 4 rings (SSSR count). The normalized spacial score (nSPS) is 12.8. The second-order valence-corrected chi connectivity index (χ2v) is 9.02. The highest BCUT2D eigenvalue weighted by atomic mass is 35.5. The van der Waals surface area contributed by atoms with Crippen molar-refractivity contribution < 1.29 is 14.3 Å². The van der Waals surface area contributed by atoms with E-state index in [0.29, 0.717) is 23.0 Å². The number of amidine groups is 1. The van der Waals surface area contributed by atoms with Gasteiger partial charge in [-0.05, 0) is 50.1 Å². The number of likely N-dealkylation sites (tertiary alicyclic amines) is 1. The number of hydrogen-bond donors (Lipinski definition) is 3. The van der Waals surface area contributed by atoms with Gasteiger partial charge in [-0.2, -0.15) is 0 Å². The quantitative estimate of drug-likeness (QED) is 0.270. The number of aromatic nitrogens is 1. The monoisotopic (exact) mass is 525 g/mol. The molecule has 8 nitrogen and oxygen atoms in total. The molecule has 1 saturated heterocycles. The molecule has 2 amide bonds. The zero-order valence-corrected chi connectivity index (χ0v) is 21.1. The topological polar surface area (TPSA) is 107 Å². The van der Waals surface area contributed by atoms with E-state index in [2.05, 4.69) is 15.6 Å². The van der Waals surface area contributed by atoms with Crippen LogP contribution in [0.4, 0.5) is 11.5 Å². The minimum absolute atomic E-state index is 0.114. The average molecular weight is 526 g/mol. The van der Waals surface area contributed by atoms with Crippen LogP contribution < -0.4 is 15.4 Å². The minimum atomic E-state index is -0.530. The van der Waals surface area contributed by atoms with Crippen LogP contribution in [0, 0.1) is 5.41 Å². The molecule has 3 aromatic rings. The second kappa shape index (κ2) is 11.4. The molecule has 0 aliphatic carbocycles. The highest BCUT2D eigenvalue weighted by Crippen LogP contribution is 2.34. The van der Waals surface area contributed by atoms with Gasteiger partial charge < -0.3 is 20.3 Å². The lowest BCUT2D eigenvalue weighted by molar-refractivity contribution is 0.102. The summed E-state index contributed by atoms with van der Waals surface area (Å²) in [5.74, 6) is 0.0374. The van der Waals surface area contributed by atoms with Crippen molar-refractivity contribution >= 4 is 52.4 Å². The van der Waals surface area contributed by atoms with Gasteiger partial charge in [0.1, 0.15) is 17.4 Å². The molecule has 36 heavy (non-hydrogen) atoms. The van der Waals surface area contributed by atoms with Crippen LogP contribution in [0.1, 0.15) is 46.0 Å². The van der Waals surface area contributed by atoms with E-state index in [1.807, 2.05) is 4.90 Å². The molecule has 0 saturated carbocycles. The molecule has 0 atom stereocenters. The van der Waals surface area contributed by atoms with Crippen molar-refractivity contribution in [3.63, 3.8) is 0 Å². The first-order chi connectivity index (χ1) is 17.4. The average Bonchev–Trinajstić information content (AvgIpc) is 3.41. The first-order valence-corrected chi connectivity index (χ1v) is 12.3. The number of nitrogens with zero attached hydrogens (tertiary/aromatic N) is 2. The van der Waals surface area contributed by atoms with Gasteiger partial charge in [-0.15, -0.1) is 0 Å². The summed E-state index contributed by atoms with van der Waals surface area (Å²) in [6, 6.07) is 13.0. The van der Waals surface area contributed by atoms with Crippen LogP contribution >= 0.6 is 23.2 Å². The minimum Gasteiger partial charge on any atom is -0.492 e. The van der Waals surface area contributed by atoms with Crippen molar-refractivity contribution in [2.24, 2.45) is 0 Å². The van der Waals surface area contributed by atoms with Crippen LogP contribution in [-0.4, -0.2) is 47.2 Å². The number of anilines is 2. The van der Waals surface area contributed by atoms with Crippen LogP contribution in [0.5, 0.6) is 5.75 Å². The van der Waals surface area contributed by atoms with Gasteiger partial charge in [-0.25, -0.2) is 4.98 Å². The lowest BCUT2D eigenvalue weighted by atomic mass is 10.1. The fourth-order valence-electron chi connectivity index (χ4n) is 3.88. The van der Waals surface area contributed by atoms with Gasteiger partial charge >= 0.3 is 0 Å². The maximum absolute atomic E-state index is 13.1. The lowest BCUT2D eigenvalue weighted by Gasteiger charge is -2.19. The van der Waals surface area contributed by atoms with E-state index in [1.54, 1.807) is 49.4 Å². The van der Waals surface area contributed by atoms with Gasteiger partial charge in [0, 0.05) is 41.5 Å². The standard InChI is InChI=1S/C26H25Cl2N5O3/c1-2-36-21-14-19(28)13-20(26(35)31-22-10-9-18(27)15-30-22)23(21)32-25(34)17-7-5-16(6-8-17)24(29)33-11-3-4-12-33/h5-10,13-15,29H,2-4,11-12H2,1H3,(H,32,34)(H,30,31,35). The fraction of sp³-hybridized carbons (Fsp3) is 0.231. The third-order valence-electron chi connectivity index (χ3n) is 5.66. The van der Waals surface area contributed by atoms with Gasteiger partial charge in [-0.3, -0.25) is 15.0 Å². The Morgan fingerprint density at radius 2 is 1.67 bits per heavy atom. The summed E-state index contributed by atoms with van der Waals surface area (Å²) in [5, 5.41) is 14.6. The Labute approximate surface area is 219 Å². The van der Waals surface area contributed by atoms with Crippen molar-refractivity contribution in [1.82, 2.24) is 9.88 Å². The summed E-state index contributed by atoms with van der Waals surface area (Å²) in [6.45, 7) is 3.83. The van der Waals surface area contributed by atoms with Gasteiger partial charge in [0.2, 0.25) is 0 Å². The Kier molecular flexibility index (Phi) is 8.07. The molecule has 186 valence electrons. The lowest BCUT2D eigenvalue weighted by Crippen LogP contribution is -2.27. The van der Waals surface area contributed by atoms with Crippen molar-refractivity contribution in [2.45, 2.75) is 19.8 Å². The van der Waals surface area contributed by atoms with E-state index in [0.717, 1.165) is 31.5 Å². The Hall–Kier alpha value is -3.62. The van der Waals surface area contributed by atoms with Crippen LogP contribution in [0.15, 0.2) is 54.7 Å².